The standard InChI is InChI=1S/C45H52N8O12/c54-35-14-13-33(40(58)51-35)53-43(61)29-8-4-9-30(37(29)45(53)63)46-17-19-64-20-21-65-25-36(55)49-31-10-5-18-52(44(31)62)34(22-26-11-12-26)41(59)50-32(23-28-15-16-47-39(28)57)38(56)42(60)48-24-27-6-2-1-3-7-27/h1-10,18,26,28,32-34,41,46,50,59H,11-17,19-25H2,(H,47,57)(H,48,60)(H,49,55)(H,51,54,58)/t28-,32-,33?,34-,41?/m0/s1. The topological polar surface area (TPSA) is 273 Å². The summed E-state index contributed by atoms with van der Waals surface area (Å²) in [4.78, 5) is 117. The van der Waals surface area contributed by atoms with Crippen LogP contribution in [0.1, 0.15) is 77.3 Å². The number of carbonyl (C=O) groups excluding carboxylic acids is 8. The Hall–Kier alpha value is -6.61. The number of pyridine rings is 1. The maximum absolute atomic E-state index is 13.8. The van der Waals surface area contributed by atoms with Crippen LogP contribution < -0.4 is 37.5 Å². The Balaban J connectivity index is 0.883. The van der Waals surface area contributed by atoms with E-state index >= 15 is 0 Å². The summed E-state index contributed by atoms with van der Waals surface area (Å²) in [5, 5.41) is 27.7. The van der Waals surface area contributed by atoms with Gasteiger partial charge in [0.25, 0.3) is 29.2 Å². The lowest BCUT2D eigenvalue weighted by molar-refractivity contribution is -0.140. The monoisotopic (exact) mass is 896 g/mol. The summed E-state index contributed by atoms with van der Waals surface area (Å²) in [6.45, 7) is 0.635. The van der Waals surface area contributed by atoms with Crippen molar-refractivity contribution in [2.75, 3.05) is 50.2 Å². The third-order valence-corrected chi connectivity index (χ3v) is 11.8. The summed E-state index contributed by atoms with van der Waals surface area (Å²) in [6.07, 6.45) is 2.58. The summed E-state index contributed by atoms with van der Waals surface area (Å²) in [5.41, 5.74) is 0.751. The fraction of sp³-hybridized carbons (Fsp3) is 0.444. The molecule has 2 aromatic carbocycles. The maximum Gasteiger partial charge on any atom is 0.289 e. The molecule has 344 valence electrons. The number of fused-ring (bicyclic) bond motifs is 1. The number of rotatable bonds is 23. The van der Waals surface area contributed by atoms with E-state index in [2.05, 4.69) is 31.9 Å². The van der Waals surface area contributed by atoms with E-state index in [1.807, 2.05) is 6.07 Å². The van der Waals surface area contributed by atoms with Gasteiger partial charge in [-0.2, -0.15) is 0 Å². The third-order valence-electron chi connectivity index (χ3n) is 11.8. The summed E-state index contributed by atoms with van der Waals surface area (Å²) in [7, 11) is 0. The normalized spacial score (nSPS) is 19.5. The number of amides is 7. The predicted molar refractivity (Wildman–Crippen MR) is 231 cm³/mol. The molecule has 1 aromatic heterocycles. The second kappa shape index (κ2) is 21.4. The number of hydrogen-bond acceptors (Lipinski definition) is 14. The molecule has 3 aromatic rings. The van der Waals surface area contributed by atoms with E-state index in [9.17, 15) is 48.3 Å². The minimum absolute atomic E-state index is 0.0126. The number of piperidine rings is 1. The smallest absolute Gasteiger partial charge is 0.289 e. The predicted octanol–water partition coefficient (Wildman–Crippen LogP) is 0.363. The minimum atomic E-state index is -1.49. The van der Waals surface area contributed by atoms with Crippen LogP contribution in [0, 0.1) is 11.8 Å². The number of ether oxygens (including phenoxy) is 2. The number of aliphatic hydroxyl groups excluding tert-OH is 1. The fourth-order valence-corrected chi connectivity index (χ4v) is 8.19. The number of aliphatic hydroxyl groups is 1. The van der Waals surface area contributed by atoms with E-state index in [1.54, 1.807) is 42.5 Å². The number of carbonyl (C=O) groups is 8. The Morgan fingerprint density at radius 1 is 0.815 bits per heavy atom. The molecule has 65 heavy (non-hydrogen) atoms. The highest BCUT2D eigenvalue weighted by Gasteiger charge is 2.46. The van der Waals surface area contributed by atoms with Crippen molar-refractivity contribution in [1.29, 1.82) is 0 Å². The van der Waals surface area contributed by atoms with Gasteiger partial charge in [-0.05, 0) is 61.4 Å². The number of nitrogens with one attached hydrogen (secondary N) is 6. The Morgan fingerprint density at radius 2 is 1.58 bits per heavy atom. The SMILES string of the molecule is O=C1CCC(N2C(=O)c3cccc(NCCOCCOCC(=O)Nc4cccn([C@@H](CC5CC5)C(O)N[C@@H](C[C@@H]5CCNC5=O)C(=O)C(=O)NCc5ccccc5)c4=O)c3C2=O)C(=O)N1. The van der Waals surface area contributed by atoms with Crippen LogP contribution in [0.2, 0.25) is 0 Å². The zero-order valence-electron chi connectivity index (χ0n) is 35.5. The van der Waals surface area contributed by atoms with Gasteiger partial charge in [0.1, 0.15) is 24.6 Å². The number of aromatic nitrogens is 1. The minimum Gasteiger partial charge on any atom is -0.382 e. The Kier molecular flexibility index (Phi) is 15.3. The second-order valence-corrected chi connectivity index (χ2v) is 16.4. The van der Waals surface area contributed by atoms with Gasteiger partial charge in [-0.15, -0.1) is 0 Å². The molecule has 4 aliphatic rings. The van der Waals surface area contributed by atoms with Crippen molar-refractivity contribution in [1.82, 2.24) is 30.7 Å². The molecule has 5 atom stereocenters. The number of hydrogen-bond donors (Lipinski definition) is 7. The van der Waals surface area contributed by atoms with Gasteiger partial charge in [0, 0.05) is 43.9 Å². The van der Waals surface area contributed by atoms with Crippen LogP contribution in [-0.4, -0.2) is 120 Å². The van der Waals surface area contributed by atoms with E-state index in [0.29, 0.717) is 25.1 Å². The zero-order chi connectivity index (χ0) is 46.0. The van der Waals surface area contributed by atoms with Crippen molar-refractivity contribution in [2.24, 2.45) is 11.8 Å². The molecule has 1 saturated carbocycles. The van der Waals surface area contributed by atoms with E-state index in [4.69, 9.17) is 9.47 Å². The number of ketones is 1. The van der Waals surface area contributed by atoms with Crippen LogP contribution in [0.5, 0.6) is 0 Å². The molecular weight excluding hydrogens is 845 g/mol. The first kappa shape index (κ1) is 46.4. The maximum atomic E-state index is 13.8. The molecule has 3 aliphatic heterocycles. The van der Waals surface area contributed by atoms with Crippen molar-refractivity contribution in [3.63, 3.8) is 0 Å². The van der Waals surface area contributed by atoms with Gasteiger partial charge in [0.2, 0.25) is 23.5 Å². The molecule has 2 saturated heterocycles. The summed E-state index contributed by atoms with van der Waals surface area (Å²) < 4.78 is 12.3. The van der Waals surface area contributed by atoms with Crippen molar-refractivity contribution >= 4 is 58.5 Å². The average molecular weight is 897 g/mol. The molecule has 7 amide bonds. The number of nitrogens with zero attached hydrogens (tertiary/aromatic N) is 2. The lowest BCUT2D eigenvalue weighted by Gasteiger charge is -2.30. The first-order chi connectivity index (χ1) is 31.4. The Labute approximate surface area is 373 Å². The van der Waals surface area contributed by atoms with Crippen molar-refractivity contribution in [3.8, 4) is 0 Å². The molecule has 20 heteroatoms. The van der Waals surface area contributed by atoms with Gasteiger partial charge in [-0.3, -0.25) is 58.7 Å². The molecule has 0 bridgehead atoms. The number of anilines is 2. The molecule has 7 N–H and O–H groups in total. The Morgan fingerprint density at radius 3 is 2.32 bits per heavy atom. The molecular formula is C45H52N8O12. The van der Waals surface area contributed by atoms with E-state index in [1.165, 1.54) is 22.9 Å². The van der Waals surface area contributed by atoms with Crippen LogP contribution in [-0.2, 0) is 44.8 Å². The van der Waals surface area contributed by atoms with E-state index < -0.39 is 83.7 Å². The number of Topliss-reactive ketones (excluding diaryl/α,β-unsaturated/α-hetero) is 1. The first-order valence-corrected chi connectivity index (χ1v) is 21.7. The molecule has 0 spiro atoms. The van der Waals surface area contributed by atoms with Gasteiger partial charge in [-0.1, -0.05) is 49.2 Å². The van der Waals surface area contributed by atoms with Crippen molar-refractivity contribution in [3.05, 3.63) is 93.9 Å². The lowest BCUT2D eigenvalue weighted by atomic mass is 9.94. The van der Waals surface area contributed by atoms with Crippen LogP contribution in [0.15, 0.2) is 71.7 Å². The van der Waals surface area contributed by atoms with E-state index in [-0.39, 0.29) is 80.8 Å². The summed E-state index contributed by atoms with van der Waals surface area (Å²) in [5.74, 6) is -5.38. The van der Waals surface area contributed by atoms with Crippen molar-refractivity contribution in [2.45, 2.75) is 75.8 Å². The van der Waals surface area contributed by atoms with Crippen LogP contribution in [0.25, 0.3) is 0 Å². The van der Waals surface area contributed by atoms with Gasteiger partial charge in [-0.25, -0.2) is 0 Å². The van der Waals surface area contributed by atoms with Gasteiger partial charge in [0.05, 0.1) is 43.0 Å². The van der Waals surface area contributed by atoms with Crippen LogP contribution >= 0.6 is 0 Å². The van der Waals surface area contributed by atoms with Gasteiger partial charge >= 0.3 is 0 Å². The van der Waals surface area contributed by atoms with E-state index in [0.717, 1.165) is 23.3 Å². The number of imide groups is 2. The molecule has 4 heterocycles. The fourth-order valence-electron chi connectivity index (χ4n) is 8.19. The molecule has 2 unspecified atom stereocenters. The summed E-state index contributed by atoms with van der Waals surface area (Å²) >= 11 is 0. The van der Waals surface area contributed by atoms with Crippen LogP contribution in [0.3, 0.4) is 0 Å². The highest BCUT2D eigenvalue weighted by molar-refractivity contribution is 6.38. The second-order valence-electron chi connectivity index (χ2n) is 16.4. The quantitative estimate of drug-likeness (QED) is 0.0293. The number of benzene rings is 2. The van der Waals surface area contributed by atoms with Crippen LogP contribution in [0.4, 0.5) is 11.4 Å². The highest BCUT2D eigenvalue weighted by atomic mass is 16.5. The highest BCUT2D eigenvalue weighted by Crippen LogP contribution is 2.38. The van der Waals surface area contributed by atoms with Gasteiger partial charge < -0.3 is 40.4 Å². The zero-order valence-corrected chi connectivity index (χ0v) is 35.5. The molecule has 7 rings (SSSR count). The molecule has 0 radical (unpaired) electrons. The largest absolute Gasteiger partial charge is 0.382 e. The lowest BCUT2D eigenvalue weighted by Crippen LogP contribution is -2.54. The average Bonchev–Trinajstić information content (AvgIpc) is 3.98. The third kappa shape index (κ3) is 11.6. The molecule has 20 nitrogen and oxygen atoms in total. The molecule has 1 aliphatic carbocycles. The molecule has 3 fully saturated rings. The Bertz CT molecular complexity index is 2370. The summed E-state index contributed by atoms with van der Waals surface area (Å²) in [6, 6.07) is 13.5. The first-order valence-electron chi connectivity index (χ1n) is 21.7. The van der Waals surface area contributed by atoms with Gasteiger partial charge in [0.15, 0.2) is 0 Å². The van der Waals surface area contributed by atoms with Crippen molar-refractivity contribution < 1.29 is 52.9 Å².